The van der Waals surface area contributed by atoms with Crippen molar-refractivity contribution in [2.45, 2.75) is 19.3 Å². The summed E-state index contributed by atoms with van der Waals surface area (Å²) in [6, 6.07) is 9.35. The molecule has 3 aromatic heterocycles. The topological polar surface area (TPSA) is 64.3 Å². The van der Waals surface area contributed by atoms with Crippen LogP contribution in [0, 0.1) is 0 Å². The highest BCUT2D eigenvalue weighted by Gasteiger charge is 2.31. The number of aromatic nitrogens is 4. The molecule has 0 saturated carbocycles. The van der Waals surface area contributed by atoms with Crippen molar-refractivity contribution in [3.05, 3.63) is 60.6 Å². The number of imidazole rings is 1. The second-order valence-corrected chi connectivity index (χ2v) is 6.94. The van der Waals surface area contributed by atoms with Crippen molar-refractivity contribution in [3.63, 3.8) is 0 Å². The van der Waals surface area contributed by atoms with E-state index in [-0.39, 0.29) is 11.8 Å². The molecule has 4 aromatic rings. The lowest BCUT2D eigenvalue weighted by molar-refractivity contribution is -0.274. The number of hydrogen-bond acceptors (Lipinski definition) is 6. The summed E-state index contributed by atoms with van der Waals surface area (Å²) < 4.78 is 42.3. The summed E-state index contributed by atoms with van der Waals surface area (Å²) in [7, 11) is 0. The summed E-state index contributed by atoms with van der Waals surface area (Å²) in [6.07, 6.45) is 0.558. The van der Waals surface area contributed by atoms with Gasteiger partial charge in [0.25, 0.3) is 0 Å². The van der Waals surface area contributed by atoms with Gasteiger partial charge in [-0.1, -0.05) is 23.5 Å². The van der Waals surface area contributed by atoms with Gasteiger partial charge in [0.15, 0.2) is 0 Å². The van der Waals surface area contributed by atoms with Crippen LogP contribution < -0.4 is 10.1 Å². The van der Waals surface area contributed by atoms with Gasteiger partial charge in [-0.15, -0.1) is 18.3 Å². The number of benzene rings is 1. The van der Waals surface area contributed by atoms with Gasteiger partial charge >= 0.3 is 6.36 Å². The molecule has 1 aromatic carbocycles. The van der Waals surface area contributed by atoms with Gasteiger partial charge in [-0.25, -0.2) is 9.50 Å². The van der Waals surface area contributed by atoms with E-state index in [1.54, 1.807) is 29.0 Å². The molecule has 144 valence electrons. The van der Waals surface area contributed by atoms with E-state index in [4.69, 9.17) is 0 Å². The Balaban J connectivity index is 1.46. The summed E-state index contributed by atoms with van der Waals surface area (Å²) in [4.78, 5) is 9.35. The van der Waals surface area contributed by atoms with Gasteiger partial charge in [0.1, 0.15) is 5.75 Å². The molecular weight excluding hydrogens is 391 g/mol. The zero-order valence-corrected chi connectivity index (χ0v) is 15.3. The van der Waals surface area contributed by atoms with Gasteiger partial charge in [-0.05, 0) is 36.8 Å². The molecule has 0 aliphatic rings. The molecule has 0 radical (unpaired) electrons. The number of nitrogens with zero attached hydrogens (tertiary/aromatic N) is 4. The first-order valence-electron chi connectivity index (χ1n) is 8.26. The fourth-order valence-electron chi connectivity index (χ4n) is 2.64. The van der Waals surface area contributed by atoms with Crippen LogP contribution in [0.1, 0.15) is 18.5 Å². The van der Waals surface area contributed by atoms with Crippen LogP contribution in [0.4, 0.5) is 18.3 Å². The van der Waals surface area contributed by atoms with Crippen LogP contribution in [0.25, 0.3) is 16.2 Å². The molecule has 4 rings (SSSR count). The van der Waals surface area contributed by atoms with Crippen LogP contribution >= 0.6 is 11.3 Å². The maximum Gasteiger partial charge on any atom is 0.573 e. The molecule has 0 unspecified atom stereocenters. The third-order valence-electron chi connectivity index (χ3n) is 3.95. The van der Waals surface area contributed by atoms with E-state index < -0.39 is 6.36 Å². The van der Waals surface area contributed by atoms with Gasteiger partial charge < -0.3 is 10.1 Å². The number of ether oxygens (including phenoxy) is 1. The molecule has 1 atom stereocenters. The van der Waals surface area contributed by atoms with Crippen molar-refractivity contribution in [1.82, 2.24) is 19.6 Å². The highest BCUT2D eigenvalue weighted by atomic mass is 32.1. The lowest BCUT2D eigenvalue weighted by atomic mass is 10.1. The summed E-state index contributed by atoms with van der Waals surface area (Å²) in [6.45, 7) is 1.89. The minimum Gasteiger partial charge on any atom is -0.406 e. The van der Waals surface area contributed by atoms with Crippen molar-refractivity contribution < 1.29 is 17.9 Å². The number of hydrogen-bond donors (Lipinski definition) is 1. The lowest BCUT2D eigenvalue weighted by Gasteiger charge is -2.14. The molecule has 0 saturated heterocycles. The fraction of sp³-hybridized carbons (Fsp3) is 0.167. The lowest BCUT2D eigenvalue weighted by Crippen LogP contribution is -2.17. The molecule has 0 amide bonds. The second-order valence-electron chi connectivity index (χ2n) is 5.99. The average molecular weight is 405 g/mol. The van der Waals surface area contributed by atoms with Crippen LogP contribution in [-0.4, -0.2) is 25.9 Å². The molecule has 10 heteroatoms. The Labute approximate surface area is 161 Å². The van der Waals surface area contributed by atoms with Crippen LogP contribution in [-0.2, 0) is 0 Å². The van der Waals surface area contributed by atoms with Crippen molar-refractivity contribution in [2.75, 3.05) is 5.32 Å². The minimum atomic E-state index is -4.70. The maximum atomic E-state index is 12.2. The van der Waals surface area contributed by atoms with Crippen molar-refractivity contribution in [3.8, 4) is 17.0 Å². The Morgan fingerprint density at radius 2 is 1.96 bits per heavy atom. The van der Waals surface area contributed by atoms with E-state index in [1.807, 2.05) is 25.3 Å². The zero-order chi connectivity index (χ0) is 19.7. The van der Waals surface area contributed by atoms with Crippen LogP contribution in [0.3, 0.4) is 0 Å². The van der Waals surface area contributed by atoms with Crippen LogP contribution in [0.5, 0.6) is 5.75 Å². The van der Waals surface area contributed by atoms with E-state index in [9.17, 15) is 13.2 Å². The number of fused-ring (bicyclic) bond motifs is 1. The quantitative estimate of drug-likeness (QED) is 0.510. The Morgan fingerprint density at radius 3 is 2.61 bits per heavy atom. The summed E-state index contributed by atoms with van der Waals surface area (Å²) in [5.41, 5.74) is 2.49. The standard InChI is InChI=1S/C18H14F3N5OS/c1-11(12-4-6-14(7-5-12)27-18(19,20)21)23-16-25-26-10-15(24-17(26)28-16)13-3-2-8-22-9-13/h2-11H,1H3,(H,23,25)/t11-/m0/s1. The largest absolute Gasteiger partial charge is 0.573 e. The highest BCUT2D eigenvalue weighted by molar-refractivity contribution is 7.20. The number of pyridine rings is 1. The van der Waals surface area contributed by atoms with E-state index in [0.717, 1.165) is 21.8 Å². The second kappa shape index (κ2) is 7.12. The Morgan fingerprint density at radius 1 is 1.18 bits per heavy atom. The van der Waals surface area contributed by atoms with Gasteiger partial charge in [-0.2, -0.15) is 0 Å². The summed E-state index contributed by atoms with van der Waals surface area (Å²) >= 11 is 1.38. The molecule has 28 heavy (non-hydrogen) atoms. The van der Waals surface area contributed by atoms with Gasteiger partial charge in [0.05, 0.1) is 17.9 Å². The molecule has 0 aliphatic carbocycles. The molecule has 0 aliphatic heterocycles. The molecule has 0 spiro atoms. The van der Waals surface area contributed by atoms with Crippen LogP contribution in [0.2, 0.25) is 0 Å². The predicted molar refractivity (Wildman–Crippen MR) is 99.3 cm³/mol. The Kier molecular flexibility index (Phi) is 4.63. The van der Waals surface area contributed by atoms with Gasteiger partial charge in [0, 0.05) is 18.0 Å². The highest BCUT2D eigenvalue weighted by Crippen LogP contribution is 2.28. The van der Waals surface area contributed by atoms with Gasteiger partial charge in [0.2, 0.25) is 10.1 Å². The number of nitrogens with one attached hydrogen (secondary N) is 1. The molecular formula is C18H14F3N5OS. The summed E-state index contributed by atoms with van der Waals surface area (Å²) in [5, 5.41) is 8.35. The van der Waals surface area contributed by atoms with Gasteiger partial charge in [-0.3, -0.25) is 4.98 Å². The van der Waals surface area contributed by atoms with Crippen molar-refractivity contribution >= 4 is 21.4 Å². The molecule has 6 nitrogen and oxygen atoms in total. The zero-order valence-electron chi connectivity index (χ0n) is 14.5. The Hall–Kier alpha value is -3.14. The first kappa shape index (κ1) is 18.2. The first-order valence-corrected chi connectivity index (χ1v) is 9.08. The third-order valence-corrected chi connectivity index (χ3v) is 4.81. The van der Waals surface area contributed by atoms with Crippen molar-refractivity contribution in [2.24, 2.45) is 0 Å². The Bertz CT molecular complexity index is 1040. The minimum absolute atomic E-state index is 0.159. The normalized spacial score (nSPS) is 12.9. The number of anilines is 1. The SMILES string of the molecule is C[C@H](Nc1nn2cc(-c3cccnc3)nc2s1)c1ccc(OC(F)(F)F)cc1. The van der Waals surface area contributed by atoms with Crippen LogP contribution in [0.15, 0.2) is 55.0 Å². The van der Waals surface area contributed by atoms with Crippen molar-refractivity contribution in [1.29, 1.82) is 0 Å². The fourth-order valence-corrected chi connectivity index (χ4v) is 3.51. The molecule has 3 heterocycles. The molecule has 0 fully saturated rings. The average Bonchev–Trinajstić information content (AvgIpc) is 3.20. The smallest absolute Gasteiger partial charge is 0.406 e. The first-order chi connectivity index (χ1) is 13.4. The molecule has 0 bridgehead atoms. The third kappa shape index (κ3) is 4.06. The maximum absolute atomic E-state index is 12.2. The number of alkyl halides is 3. The number of halogens is 3. The molecule has 1 N–H and O–H groups in total. The van der Waals surface area contributed by atoms with E-state index in [2.05, 4.69) is 25.1 Å². The van der Waals surface area contributed by atoms with E-state index >= 15 is 0 Å². The van der Waals surface area contributed by atoms with E-state index in [0.29, 0.717) is 5.13 Å². The predicted octanol–water partition coefficient (Wildman–Crippen LogP) is 4.92. The number of rotatable bonds is 5. The summed E-state index contributed by atoms with van der Waals surface area (Å²) in [5.74, 6) is -0.251. The van der Waals surface area contributed by atoms with E-state index in [1.165, 1.54) is 23.5 Å². The monoisotopic (exact) mass is 405 g/mol.